The van der Waals surface area contributed by atoms with Gasteiger partial charge in [0.25, 0.3) is 0 Å². The number of aromatic nitrogens is 2. The Balaban J connectivity index is 0.00000220. The normalized spacial score (nSPS) is 10.9. The van der Waals surface area contributed by atoms with E-state index >= 15 is 0 Å². The van der Waals surface area contributed by atoms with E-state index in [0.717, 1.165) is 6.42 Å². The zero-order chi connectivity index (χ0) is 15.0. The first kappa shape index (κ1) is 18.2. The van der Waals surface area contributed by atoms with Crippen LogP contribution in [0.4, 0.5) is 0 Å². The first-order chi connectivity index (χ1) is 9.38. The fourth-order valence-corrected chi connectivity index (χ4v) is 2.97. The number of hydrogen-bond acceptors (Lipinski definition) is 1. The van der Waals surface area contributed by atoms with Crippen molar-refractivity contribution in [3.05, 3.63) is 40.2 Å². The molecule has 0 unspecified atom stereocenters. The third kappa shape index (κ3) is 3.16. The van der Waals surface area contributed by atoms with Gasteiger partial charge >= 0.3 is 0 Å². The van der Waals surface area contributed by atoms with Gasteiger partial charge in [-0.05, 0) is 81.3 Å². The molecule has 21 heavy (non-hydrogen) atoms. The van der Waals surface area contributed by atoms with Crippen LogP contribution in [0.2, 0.25) is 0 Å². The summed E-state index contributed by atoms with van der Waals surface area (Å²) in [7, 11) is 0. The molecule has 0 radical (unpaired) electrons. The smallest absolute Gasteiger partial charge is 0.0568 e. The summed E-state index contributed by atoms with van der Waals surface area (Å²) in [6, 6.07) is 0.404. The molecular weight excluding hydrogens is 439 g/mol. The van der Waals surface area contributed by atoms with Gasteiger partial charge in [-0.1, -0.05) is 6.92 Å². The van der Waals surface area contributed by atoms with Gasteiger partial charge in [0.05, 0.1) is 6.20 Å². The minimum atomic E-state index is 0. The van der Waals surface area contributed by atoms with E-state index in [0.29, 0.717) is 6.04 Å². The van der Waals surface area contributed by atoms with Crippen molar-refractivity contribution in [1.29, 1.82) is 0 Å². The summed E-state index contributed by atoms with van der Waals surface area (Å²) in [5.41, 5.74) is 9.77. The maximum absolute atomic E-state index is 4.51. The van der Waals surface area contributed by atoms with Gasteiger partial charge in [0.1, 0.15) is 0 Å². The Bertz CT molecular complexity index is 639. The van der Waals surface area contributed by atoms with Crippen LogP contribution in [0.25, 0.3) is 11.1 Å². The summed E-state index contributed by atoms with van der Waals surface area (Å²) in [6.45, 7) is 15.5. The standard InChI is InChI=1S/C18H26N2.Pt/c1-8-17-14(6)12(4)13(5)15(7)18(17)16-9-19-20(10-16)11(2)3;/h9-11H,8H2,1-7H3;. The van der Waals surface area contributed by atoms with Crippen molar-refractivity contribution in [1.82, 2.24) is 9.78 Å². The van der Waals surface area contributed by atoms with Gasteiger partial charge in [-0.3, -0.25) is 4.68 Å². The van der Waals surface area contributed by atoms with Gasteiger partial charge in [0.2, 0.25) is 0 Å². The largest absolute Gasteiger partial charge is 0.270 e. The summed E-state index contributed by atoms with van der Waals surface area (Å²) in [5, 5.41) is 4.51. The van der Waals surface area contributed by atoms with Gasteiger partial charge in [0.15, 0.2) is 0 Å². The molecule has 0 bridgehead atoms. The van der Waals surface area contributed by atoms with Gasteiger partial charge in [0, 0.05) is 38.9 Å². The van der Waals surface area contributed by atoms with Gasteiger partial charge in [-0.2, -0.15) is 5.10 Å². The summed E-state index contributed by atoms with van der Waals surface area (Å²) in [4.78, 5) is 0. The Hall–Kier alpha value is -0.882. The molecule has 0 aliphatic heterocycles. The van der Waals surface area contributed by atoms with Crippen molar-refractivity contribution >= 4 is 0 Å². The molecule has 2 rings (SSSR count). The second-order valence-electron chi connectivity index (χ2n) is 6.01. The van der Waals surface area contributed by atoms with Crippen molar-refractivity contribution in [3.63, 3.8) is 0 Å². The van der Waals surface area contributed by atoms with Crippen LogP contribution in [0.1, 0.15) is 54.6 Å². The minimum Gasteiger partial charge on any atom is -0.270 e. The molecule has 0 aliphatic rings. The molecule has 0 saturated carbocycles. The average Bonchev–Trinajstić information content (AvgIpc) is 2.89. The van der Waals surface area contributed by atoms with Crippen LogP contribution in [0.3, 0.4) is 0 Å². The Morgan fingerprint density at radius 2 is 1.57 bits per heavy atom. The minimum absolute atomic E-state index is 0. The van der Waals surface area contributed by atoms with Crippen LogP contribution < -0.4 is 0 Å². The number of benzene rings is 1. The van der Waals surface area contributed by atoms with Crippen molar-refractivity contribution in [3.8, 4) is 11.1 Å². The SMILES string of the molecule is CCc1c(C)c(C)c(C)c(C)c1-c1cnn(C(C)C)c1.[Pt]. The van der Waals surface area contributed by atoms with Crippen molar-refractivity contribution in [2.45, 2.75) is 60.9 Å². The van der Waals surface area contributed by atoms with E-state index in [9.17, 15) is 0 Å². The van der Waals surface area contributed by atoms with Crippen molar-refractivity contribution in [2.24, 2.45) is 0 Å². The number of rotatable bonds is 3. The van der Waals surface area contributed by atoms with E-state index in [1.165, 1.54) is 38.9 Å². The Labute approximate surface area is 143 Å². The monoisotopic (exact) mass is 465 g/mol. The molecule has 2 nitrogen and oxygen atoms in total. The van der Waals surface area contributed by atoms with Gasteiger partial charge < -0.3 is 0 Å². The summed E-state index contributed by atoms with van der Waals surface area (Å²) in [6.07, 6.45) is 5.26. The molecule has 0 spiro atoms. The molecule has 1 heterocycles. The van der Waals surface area contributed by atoms with Gasteiger partial charge in [-0.25, -0.2) is 0 Å². The van der Waals surface area contributed by atoms with Crippen LogP contribution in [0.15, 0.2) is 12.4 Å². The zero-order valence-corrected chi connectivity index (χ0v) is 16.4. The third-order valence-corrected chi connectivity index (χ3v) is 4.59. The molecule has 0 saturated heterocycles. The van der Waals surface area contributed by atoms with Crippen LogP contribution >= 0.6 is 0 Å². The third-order valence-electron chi connectivity index (χ3n) is 4.59. The molecule has 0 fully saturated rings. The molecule has 0 amide bonds. The van der Waals surface area contributed by atoms with Gasteiger partial charge in [-0.15, -0.1) is 0 Å². The maximum atomic E-state index is 4.51. The number of nitrogens with zero attached hydrogens (tertiary/aromatic N) is 2. The molecule has 1 aromatic carbocycles. The van der Waals surface area contributed by atoms with E-state index in [2.05, 4.69) is 59.8 Å². The van der Waals surface area contributed by atoms with Crippen LogP contribution in [0.5, 0.6) is 0 Å². The molecule has 0 aliphatic carbocycles. The second kappa shape index (κ2) is 6.92. The molecule has 118 valence electrons. The van der Waals surface area contributed by atoms with Crippen molar-refractivity contribution < 1.29 is 21.1 Å². The number of hydrogen-bond donors (Lipinski definition) is 0. The Morgan fingerprint density at radius 3 is 2.05 bits per heavy atom. The molecule has 0 atom stereocenters. The van der Waals surface area contributed by atoms with E-state index in [-0.39, 0.29) is 21.1 Å². The predicted octanol–water partition coefficient (Wildman–Crippen LogP) is 4.92. The molecule has 1 aromatic heterocycles. The Kier molecular flexibility index (Phi) is 5.99. The topological polar surface area (TPSA) is 17.8 Å². The fraction of sp³-hybridized carbons (Fsp3) is 0.500. The van der Waals surface area contributed by atoms with Crippen LogP contribution in [-0.2, 0) is 27.5 Å². The molecule has 0 N–H and O–H groups in total. The molecule has 2 aromatic rings. The van der Waals surface area contributed by atoms with E-state index in [1.807, 2.05) is 10.9 Å². The van der Waals surface area contributed by atoms with E-state index in [4.69, 9.17) is 0 Å². The van der Waals surface area contributed by atoms with Crippen LogP contribution in [-0.4, -0.2) is 9.78 Å². The second-order valence-corrected chi connectivity index (χ2v) is 6.01. The quantitative estimate of drug-likeness (QED) is 0.629. The maximum Gasteiger partial charge on any atom is 0.0568 e. The molecule has 3 heteroatoms. The summed E-state index contributed by atoms with van der Waals surface area (Å²) < 4.78 is 2.04. The zero-order valence-electron chi connectivity index (χ0n) is 14.1. The first-order valence-electron chi connectivity index (χ1n) is 7.52. The van der Waals surface area contributed by atoms with E-state index in [1.54, 1.807) is 0 Å². The average molecular weight is 465 g/mol. The predicted molar refractivity (Wildman–Crippen MR) is 86.4 cm³/mol. The van der Waals surface area contributed by atoms with Crippen molar-refractivity contribution in [2.75, 3.05) is 0 Å². The molecular formula is C18H26N2Pt. The van der Waals surface area contributed by atoms with Crippen LogP contribution in [0, 0.1) is 27.7 Å². The summed E-state index contributed by atoms with van der Waals surface area (Å²) in [5.74, 6) is 0. The Morgan fingerprint density at radius 1 is 1.00 bits per heavy atom. The first-order valence-corrected chi connectivity index (χ1v) is 7.52. The van der Waals surface area contributed by atoms with E-state index < -0.39 is 0 Å². The fourth-order valence-electron chi connectivity index (χ4n) is 2.97. The summed E-state index contributed by atoms with van der Waals surface area (Å²) >= 11 is 0.